The van der Waals surface area contributed by atoms with Gasteiger partial charge in [0.2, 0.25) is 0 Å². The fourth-order valence-corrected chi connectivity index (χ4v) is 7.78. The van der Waals surface area contributed by atoms with Gasteiger partial charge in [-0.3, -0.25) is 4.90 Å². The number of hydrogen-bond acceptors (Lipinski definition) is 8. The molecule has 3 aromatic rings. The number of piperazine rings is 1. The molecule has 4 atom stereocenters. The van der Waals surface area contributed by atoms with E-state index in [2.05, 4.69) is 10.2 Å². The quantitative estimate of drug-likeness (QED) is 0.467. The van der Waals surface area contributed by atoms with Crippen LogP contribution in [0.5, 0.6) is 11.8 Å². The molecule has 11 heteroatoms. The van der Waals surface area contributed by atoms with Crippen LogP contribution < -0.4 is 19.9 Å². The van der Waals surface area contributed by atoms with E-state index in [0.717, 1.165) is 43.4 Å². The lowest BCUT2D eigenvalue weighted by atomic mass is 9.95. The SMILES string of the molecule is [2H]C1([2H])CC[C@@]2(COc3nc4c(c(N5C[C@H]6CC[C@@H](C5)N6)n3)CCN(c3cc(O)cc5ccc(F)c(F)c35)C4)C[C@@H](F)CN12. The minimum atomic E-state index is -1.59. The van der Waals surface area contributed by atoms with Crippen LogP contribution in [0.2, 0.25) is 0 Å². The van der Waals surface area contributed by atoms with Gasteiger partial charge in [-0.25, -0.2) is 13.2 Å². The van der Waals surface area contributed by atoms with E-state index in [9.17, 15) is 13.9 Å². The first-order valence-corrected chi connectivity index (χ1v) is 14.9. The number of fused-ring (bicyclic) bond motifs is 5. The Kier molecular flexibility index (Phi) is 5.68. The summed E-state index contributed by atoms with van der Waals surface area (Å²) < 4.78 is 67.1. The summed E-state index contributed by atoms with van der Waals surface area (Å²) in [6.45, 7) is 0.872. The Balaban J connectivity index is 1.16. The van der Waals surface area contributed by atoms with Crippen LogP contribution >= 0.6 is 0 Å². The van der Waals surface area contributed by atoms with Crippen LogP contribution in [0.3, 0.4) is 0 Å². The van der Waals surface area contributed by atoms with Crippen molar-refractivity contribution in [3.63, 3.8) is 0 Å². The van der Waals surface area contributed by atoms with Crippen molar-refractivity contribution < 1.29 is 25.8 Å². The van der Waals surface area contributed by atoms with E-state index < -0.39 is 29.8 Å². The van der Waals surface area contributed by atoms with E-state index in [1.165, 1.54) is 18.2 Å². The number of alkyl halides is 1. The van der Waals surface area contributed by atoms with Crippen LogP contribution in [-0.4, -0.2) is 83.1 Å². The smallest absolute Gasteiger partial charge is 0.318 e. The van der Waals surface area contributed by atoms with Gasteiger partial charge >= 0.3 is 6.01 Å². The van der Waals surface area contributed by atoms with Gasteiger partial charge in [0.1, 0.15) is 24.3 Å². The Morgan fingerprint density at radius 3 is 2.79 bits per heavy atom. The molecule has 8 nitrogen and oxygen atoms in total. The van der Waals surface area contributed by atoms with Gasteiger partial charge < -0.3 is 25.0 Å². The molecule has 8 rings (SSSR count). The average molecular weight is 583 g/mol. The largest absolute Gasteiger partial charge is 0.508 e. The number of phenolic OH excluding ortho intramolecular Hbond substituents is 1. The van der Waals surface area contributed by atoms with Crippen molar-refractivity contribution in [1.82, 2.24) is 20.2 Å². The predicted octanol–water partition coefficient (Wildman–Crippen LogP) is 4.07. The Hall–Kier alpha value is -3.31. The highest BCUT2D eigenvalue weighted by atomic mass is 19.2. The van der Waals surface area contributed by atoms with Crippen LogP contribution in [0.15, 0.2) is 24.3 Å². The first-order valence-electron chi connectivity index (χ1n) is 15.9. The second-order valence-electron chi connectivity index (χ2n) is 12.5. The molecule has 2 aromatic carbocycles. The van der Waals surface area contributed by atoms with Gasteiger partial charge in [0.05, 0.1) is 23.5 Å². The minimum absolute atomic E-state index is 0.0419. The second-order valence-corrected chi connectivity index (χ2v) is 12.5. The molecule has 0 spiro atoms. The normalized spacial score (nSPS) is 30.8. The molecule has 6 heterocycles. The molecule has 4 fully saturated rings. The number of anilines is 2. The lowest BCUT2D eigenvalue weighted by Crippen LogP contribution is -2.52. The average Bonchev–Trinajstić information content (AvgIpc) is 3.61. The monoisotopic (exact) mass is 582 g/mol. The number of hydrogen-bond donors (Lipinski definition) is 2. The third kappa shape index (κ3) is 4.35. The third-order valence-corrected chi connectivity index (χ3v) is 9.77. The summed E-state index contributed by atoms with van der Waals surface area (Å²) in [6.07, 6.45) is 2.63. The highest BCUT2D eigenvalue weighted by molar-refractivity contribution is 5.96. The maximum Gasteiger partial charge on any atom is 0.318 e. The van der Waals surface area contributed by atoms with Gasteiger partial charge in [-0.15, -0.1) is 0 Å². The molecule has 0 unspecified atom stereocenters. The fourth-order valence-electron chi connectivity index (χ4n) is 7.78. The van der Waals surface area contributed by atoms with Crippen LogP contribution in [0, 0.1) is 11.6 Å². The summed E-state index contributed by atoms with van der Waals surface area (Å²) in [5, 5.41) is 14.6. The van der Waals surface area contributed by atoms with Crippen molar-refractivity contribution in [2.24, 2.45) is 0 Å². The number of ether oxygens (including phenoxy) is 1. The maximum atomic E-state index is 15.1. The van der Waals surface area contributed by atoms with Gasteiger partial charge in [0, 0.05) is 64.4 Å². The number of phenols is 1. The van der Waals surface area contributed by atoms with E-state index >= 15 is 4.39 Å². The predicted molar refractivity (Wildman–Crippen MR) is 153 cm³/mol. The van der Waals surface area contributed by atoms with Gasteiger partial charge in [0.25, 0.3) is 0 Å². The van der Waals surface area contributed by atoms with Crippen molar-refractivity contribution in [2.45, 2.75) is 68.9 Å². The number of benzene rings is 2. The molecule has 5 aliphatic rings. The number of nitrogens with one attached hydrogen (secondary N) is 1. The van der Waals surface area contributed by atoms with E-state index in [4.69, 9.17) is 17.4 Å². The molecule has 0 radical (unpaired) electrons. The molecular formula is C31H35F3N6O2. The van der Waals surface area contributed by atoms with Gasteiger partial charge in [0.15, 0.2) is 11.6 Å². The Bertz CT molecular complexity index is 1640. The van der Waals surface area contributed by atoms with Crippen molar-refractivity contribution in [2.75, 3.05) is 49.1 Å². The molecular weight excluding hydrogens is 545 g/mol. The summed E-state index contributed by atoms with van der Waals surface area (Å²) in [4.78, 5) is 15.5. The molecule has 4 saturated heterocycles. The Labute approximate surface area is 245 Å². The Morgan fingerprint density at radius 2 is 1.95 bits per heavy atom. The minimum Gasteiger partial charge on any atom is -0.508 e. The second kappa shape index (κ2) is 9.87. The van der Waals surface area contributed by atoms with E-state index in [1.807, 2.05) is 4.90 Å². The third-order valence-electron chi connectivity index (χ3n) is 9.77. The lowest BCUT2D eigenvalue weighted by Gasteiger charge is -2.38. The number of rotatable bonds is 5. The zero-order valence-electron chi connectivity index (χ0n) is 25.3. The lowest BCUT2D eigenvalue weighted by molar-refractivity contribution is 0.107. The zero-order valence-corrected chi connectivity index (χ0v) is 23.3. The van der Waals surface area contributed by atoms with Crippen LogP contribution in [-0.2, 0) is 13.0 Å². The van der Waals surface area contributed by atoms with E-state index in [-0.39, 0.29) is 43.3 Å². The maximum absolute atomic E-state index is 15.1. The van der Waals surface area contributed by atoms with Crippen LogP contribution in [0.1, 0.15) is 46.1 Å². The van der Waals surface area contributed by atoms with Gasteiger partial charge in [-0.1, -0.05) is 6.07 Å². The zero-order chi connectivity index (χ0) is 30.4. The van der Waals surface area contributed by atoms with Gasteiger partial charge in [-0.05, 0) is 56.1 Å². The highest BCUT2D eigenvalue weighted by Gasteiger charge is 2.49. The summed E-state index contributed by atoms with van der Waals surface area (Å²) in [5.74, 6) is -1.17. The highest BCUT2D eigenvalue weighted by Crippen LogP contribution is 2.41. The first-order chi connectivity index (χ1) is 21.1. The number of aromatic nitrogens is 2. The molecule has 5 aliphatic heterocycles. The van der Waals surface area contributed by atoms with Crippen molar-refractivity contribution >= 4 is 22.3 Å². The molecule has 0 amide bonds. The topological polar surface area (TPSA) is 77.0 Å². The summed E-state index contributed by atoms with van der Waals surface area (Å²) in [5.41, 5.74) is 1.30. The van der Waals surface area contributed by atoms with Crippen molar-refractivity contribution in [3.8, 4) is 11.8 Å². The van der Waals surface area contributed by atoms with Crippen molar-refractivity contribution in [3.05, 3.63) is 47.2 Å². The fraction of sp³-hybridized carbons (Fsp3) is 0.548. The van der Waals surface area contributed by atoms with E-state index in [1.54, 1.807) is 4.90 Å². The summed E-state index contributed by atoms with van der Waals surface area (Å²) in [6, 6.07) is 6.28. The molecule has 222 valence electrons. The standard InChI is InChI=1S/C31H35F3N6O2/c32-19-12-31(7-1-8-40(31)13-19)17-42-30-36-25-16-38(26-11-22(41)10-18-2-5-24(33)28(34)27(18)26)9-6-23(25)29(37-30)39-14-20-3-4-21(15-39)35-20/h2,5,10-11,19-21,35,41H,1,3-4,6-9,12-17H2/t19-,20-,21+,31+/m1/s1/i8D2. The van der Waals surface area contributed by atoms with Crippen molar-refractivity contribution in [1.29, 1.82) is 0 Å². The molecule has 2 bridgehead atoms. The molecule has 1 aromatic heterocycles. The number of nitrogens with zero attached hydrogens (tertiary/aromatic N) is 5. The number of aromatic hydroxyl groups is 1. The summed E-state index contributed by atoms with van der Waals surface area (Å²) >= 11 is 0. The van der Waals surface area contributed by atoms with Crippen LogP contribution in [0.4, 0.5) is 24.7 Å². The molecule has 0 aliphatic carbocycles. The van der Waals surface area contributed by atoms with E-state index in [0.29, 0.717) is 54.7 Å². The number of halogens is 3. The molecule has 42 heavy (non-hydrogen) atoms. The summed E-state index contributed by atoms with van der Waals surface area (Å²) in [7, 11) is 0. The van der Waals surface area contributed by atoms with Crippen LogP contribution in [0.25, 0.3) is 10.8 Å². The molecule has 2 N–H and O–H groups in total. The Morgan fingerprint density at radius 1 is 1.12 bits per heavy atom. The van der Waals surface area contributed by atoms with Gasteiger partial charge in [-0.2, -0.15) is 9.97 Å². The molecule has 0 saturated carbocycles. The first kappa shape index (κ1) is 24.2.